The molecule has 0 aliphatic heterocycles. The van der Waals surface area contributed by atoms with Crippen molar-refractivity contribution in [3.05, 3.63) is 0 Å². The molecule has 1 rings (SSSR count). The van der Waals surface area contributed by atoms with Gasteiger partial charge in [0.1, 0.15) is 0 Å². The van der Waals surface area contributed by atoms with Crippen LogP contribution in [-0.4, -0.2) is 6.10 Å². The van der Waals surface area contributed by atoms with Crippen LogP contribution < -0.4 is 0 Å². The van der Waals surface area contributed by atoms with E-state index in [4.69, 9.17) is 16.2 Å². The molecule has 2 unspecified atom stereocenters. The fourth-order valence-corrected chi connectivity index (χ4v) is 2.40. The van der Waals surface area contributed by atoms with Crippen LogP contribution in [0.15, 0.2) is 0 Å². The Labute approximate surface area is 87.0 Å². The quantitative estimate of drug-likeness (QED) is 0.583. The predicted octanol–water partition coefficient (Wildman–Crippen LogP) is 4.15. The summed E-state index contributed by atoms with van der Waals surface area (Å²) in [5.74, 6) is 0.837. The summed E-state index contributed by atoms with van der Waals surface area (Å²) in [4.78, 5) is 0. The normalized spacial score (nSPS) is 31.4. The fraction of sp³-hybridized carbons (Fsp3) is 1.00. The van der Waals surface area contributed by atoms with Crippen molar-refractivity contribution < 1.29 is 4.29 Å². The largest absolute Gasteiger partial charge is 0.276 e. The minimum Gasteiger partial charge on any atom is -0.276 e. The third-order valence-electron chi connectivity index (χ3n) is 3.27. The number of rotatable bonds is 1. The number of hydrogen-bond donors (Lipinski definition) is 0. The van der Waals surface area contributed by atoms with E-state index < -0.39 is 0 Å². The van der Waals surface area contributed by atoms with E-state index >= 15 is 0 Å². The summed E-state index contributed by atoms with van der Waals surface area (Å²) in [6, 6.07) is 0. The summed E-state index contributed by atoms with van der Waals surface area (Å²) in [7, 11) is 0. The highest BCUT2D eigenvalue weighted by atomic mass is 35.5. The Morgan fingerprint density at radius 2 is 1.77 bits per heavy atom. The van der Waals surface area contributed by atoms with Crippen molar-refractivity contribution in [2.45, 2.75) is 59.0 Å². The molecule has 13 heavy (non-hydrogen) atoms. The molecule has 1 aliphatic rings. The Morgan fingerprint density at radius 1 is 1.08 bits per heavy atom. The molecule has 0 radical (unpaired) electrons. The Kier molecular flexibility index (Phi) is 4.06. The van der Waals surface area contributed by atoms with E-state index in [2.05, 4.69) is 20.8 Å². The van der Waals surface area contributed by atoms with Crippen LogP contribution in [0.4, 0.5) is 0 Å². The van der Waals surface area contributed by atoms with Gasteiger partial charge in [0.2, 0.25) is 0 Å². The van der Waals surface area contributed by atoms with Crippen LogP contribution in [0.2, 0.25) is 0 Å². The summed E-state index contributed by atoms with van der Waals surface area (Å²) >= 11 is 5.41. The Bertz CT molecular complexity index is 151. The maximum absolute atomic E-state index is 5.41. The van der Waals surface area contributed by atoms with Crippen molar-refractivity contribution in [2.75, 3.05) is 0 Å². The van der Waals surface area contributed by atoms with Crippen LogP contribution in [0, 0.1) is 11.3 Å². The van der Waals surface area contributed by atoms with Crippen molar-refractivity contribution in [1.29, 1.82) is 0 Å². The highest BCUT2D eigenvalue weighted by Crippen LogP contribution is 2.37. The molecular weight excluding hydrogens is 184 g/mol. The lowest BCUT2D eigenvalue weighted by molar-refractivity contribution is 0.183. The summed E-state index contributed by atoms with van der Waals surface area (Å²) in [5, 5.41) is 0. The van der Waals surface area contributed by atoms with Gasteiger partial charge in [0, 0.05) is 0 Å². The van der Waals surface area contributed by atoms with Crippen LogP contribution in [0.3, 0.4) is 0 Å². The first kappa shape index (κ1) is 11.3. The second-order valence-corrected chi connectivity index (χ2v) is 5.46. The fourth-order valence-electron chi connectivity index (χ4n) is 2.22. The van der Waals surface area contributed by atoms with Crippen LogP contribution >= 0.6 is 11.9 Å². The van der Waals surface area contributed by atoms with Crippen molar-refractivity contribution in [3.63, 3.8) is 0 Å². The molecule has 0 amide bonds. The first-order valence-electron chi connectivity index (χ1n) is 5.31. The van der Waals surface area contributed by atoms with Crippen LogP contribution in [0.1, 0.15) is 52.9 Å². The third kappa shape index (κ3) is 3.47. The van der Waals surface area contributed by atoms with Gasteiger partial charge in [-0.05, 0) is 37.0 Å². The third-order valence-corrected chi connectivity index (χ3v) is 3.52. The molecule has 1 fully saturated rings. The van der Waals surface area contributed by atoms with E-state index in [0.29, 0.717) is 11.5 Å². The van der Waals surface area contributed by atoms with E-state index in [-0.39, 0.29) is 0 Å². The van der Waals surface area contributed by atoms with Gasteiger partial charge in [-0.3, -0.25) is 4.29 Å². The molecular formula is C11H21ClO. The average molecular weight is 205 g/mol. The SMILES string of the molecule is CC(C)(C)C1CCCC(OCl)CC1. The maximum atomic E-state index is 5.41. The molecule has 0 heterocycles. The van der Waals surface area contributed by atoms with Gasteiger partial charge in [-0.1, -0.05) is 27.2 Å². The standard InChI is InChI=1S/C11H21ClO/c1-11(2,3)9-5-4-6-10(13-12)8-7-9/h9-10H,4-8H2,1-3H3. The van der Waals surface area contributed by atoms with Gasteiger partial charge in [-0.25, -0.2) is 0 Å². The molecule has 0 aromatic heterocycles. The zero-order chi connectivity index (χ0) is 9.90. The Morgan fingerprint density at radius 3 is 2.31 bits per heavy atom. The maximum Gasteiger partial charge on any atom is 0.0791 e. The molecule has 1 aliphatic carbocycles. The molecule has 0 aromatic rings. The molecule has 2 heteroatoms. The van der Waals surface area contributed by atoms with Gasteiger partial charge in [0.05, 0.1) is 18.0 Å². The molecule has 1 saturated carbocycles. The molecule has 78 valence electrons. The van der Waals surface area contributed by atoms with E-state index in [9.17, 15) is 0 Å². The molecule has 1 nitrogen and oxygen atoms in total. The van der Waals surface area contributed by atoms with E-state index in [1.807, 2.05) is 0 Å². The number of halogens is 1. The van der Waals surface area contributed by atoms with Crippen molar-refractivity contribution in [3.8, 4) is 0 Å². The lowest BCUT2D eigenvalue weighted by Gasteiger charge is -2.29. The van der Waals surface area contributed by atoms with E-state index in [1.54, 1.807) is 0 Å². The minimum atomic E-state index is 0.300. The number of hydrogen-bond acceptors (Lipinski definition) is 1. The summed E-state index contributed by atoms with van der Waals surface area (Å²) < 4.78 is 4.90. The van der Waals surface area contributed by atoms with Crippen LogP contribution in [0.25, 0.3) is 0 Å². The molecule has 0 N–H and O–H groups in total. The minimum absolute atomic E-state index is 0.300. The second kappa shape index (κ2) is 4.65. The molecule has 2 atom stereocenters. The molecule has 0 aromatic carbocycles. The van der Waals surface area contributed by atoms with Crippen molar-refractivity contribution in [1.82, 2.24) is 0 Å². The average Bonchev–Trinajstić information content (AvgIpc) is 2.26. The smallest absolute Gasteiger partial charge is 0.0791 e. The van der Waals surface area contributed by atoms with Gasteiger partial charge < -0.3 is 0 Å². The first-order valence-corrected chi connectivity index (χ1v) is 5.62. The van der Waals surface area contributed by atoms with Crippen molar-refractivity contribution >= 4 is 11.9 Å². The molecule has 0 saturated heterocycles. The first-order chi connectivity index (χ1) is 6.04. The lowest BCUT2D eigenvalue weighted by atomic mass is 9.76. The monoisotopic (exact) mass is 204 g/mol. The Hall–Kier alpha value is 0.250. The van der Waals surface area contributed by atoms with E-state index in [1.165, 1.54) is 19.3 Å². The van der Waals surface area contributed by atoms with Gasteiger partial charge in [0.25, 0.3) is 0 Å². The van der Waals surface area contributed by atoms with E-state index in [0.717, 1.165) is 18.8 Å². The summed E-state index contributed by atoms with van der Waals surface area (Å²) in [6.07, 6.45) is 6.43. The lowest BCUT2D eigenvalue weighted by Crippen LogP contribution is -2.19. The zero-order valence-electron chi connectivity index (χ0n) is 8.98. The topological polar surface area (TPSA) is 9.23 Å². The second-order valence-electron chi connectivity index (χ2n) is 5.28. The van der Waals surface area contributed by atoms with Crippen LogP contribution in [-0.2, 0) is 4.29 Å². The summed E-state index contributed by atoms with van der Waals surface area (Å²) in [5.41, 5.74) is 0.446. The highest BCUT2D eigenvalue weighted by Gasteiger charge is 2.27. The Balaban J connectivity index is 2.45. The van der Waals surface area contributed by atoms with Crippen molar-refractivity contribution in [2.24, 2.45) is 11.3 Å². The summed E-state index contributed by atoms with van der Waals surface area (Å²) in [6.45, 7) is 7.00. The van der Waals surface area contributed by atoms with Gasteiger partial charge in [-0.2, -0.15) is 0 Å². The van der Waals surface area contributed by atoms with Gasteiger partial charge >= 0.3 is 0 Å². The molecule has 0 bridgehead atoms. The highest BCUT2D eigenvalue weighted by molar-refractivity contribution is 6.07. The van der Waals surface area contributed by atoms with Gasteiger partial charge in [0.15, 0.2) is 0 Å². The van der Waals surface area contributed by atoms with Gasteiger partial charge in [-0.15, -0.1) is 0 Å². The zero-order valence-corrected chi connectivity index (χ0v) is 9.73. The predicted molar refractivity (Wildman–Crippen MR) is 56.8 cm³/mol. The molecule has 0 spiro atoms. The van der Waals surface area contributed by atoms with Crippen LogP contribution in [0.5, 0.6) is 0 Å².